The number of hydrogen-bond acceptors (Lipinski definition) is 4. The summed E-state index contributed by atoms with van der Waals surface area (Å²) in [6, 6.07) is 23.0. The van der Waals surface area contributed by atoms with Gasteiger partial charge in [0.1, 0.15) is 5.82 Å². The lowest BCUT2D eigenvalue weighted by Crippen LogP contribution is -2.49. The van der Waals surface area contributed by atoms with Gasteiger partial charge in [-0.2, -0.15) is 0 Å². The van der Waals surface area contributed by atoms with Crippen molar-refractivity contribution in [3.8, 4) is 0 Å². The average molecular weight is 428 g/mol. The molecule has 31 heavy (non-hydrogen) atoms. The fraction of sp³-hybridized carbons (Fsp3) is 0.231. The maximum absolute atomic E-state index is 13.6. The fourth-order valence-corrected chi connectivity index (χ4v) is 5.37. The van der Waals surface area contributed by atoms with Crippen LogP contribution >= 0.6 is 11.3 Å². The largest absolute Gasteiger partial charge is 0.353 e. The summed E-state index contributed by atoms with van der Waals surface area (Å²) in [7, 11) is 0. The Morgan fingerprint density at radius 1 is 0.935 bits per heavy atom. The minimum absolute atomic E-state index is 0.156. The Bertz CT molecular complexity index is 1190. The Morgan fingerprint density at radius 3 is 2.42 bits per heavy atom. The smallest absolute Gasteiger partial charge is 0.264 e. The highest BCUT2D eigenvalue weighted by Gasteiger charge is 2.27. The monoisotopic (exact) mass is 427 g/mol. The number of pyridine rings is 1. The number of rotatable bonds is 4. The second kappa shape index (κ2) is 8.52. The summed E-state index contributed by atoms with van der Waals surface area (Å²) in [5.41, 5.74) is 3.64. The van der Waals surface area contributed by atoms with Crippen LogP contribution in [0.2, 0.25) is 0 Å². The molecule has 2 aromatic carbocycles. The number of fused-ring (bicyclic) bond motifs is 1. The van der Waals surface area contributed by atoms with E-state index in [0.29, 0.717) is 13.1 Å². The molecule has 0 bridgehead atoms. The first-order chi connectivity index (χ1) is 15.2. The molecular formula is C26H25N3OS. The standard InChI is InChI=1S/C26H25N3OS/c1-19-9-11-20(12-10-19)18-22-21-6-2-3-7-23(21)31-25(22)26(30)29-16-14-28(15-17-29)24-8-4-5-13-27-24/h2-13H,14-18H2,1H3. The van der Waals surface area contributed by atoms with Gasteiger partial charge in [0.15, 0.2) is 0 Å². The van der Waals surface area contributed by atoms with Crippen LogP contribution < -0.4 is 4.90 Å². The van der Waals surface area contributed by atoms with Crippen LogP contribution in [0.5, 0.6) is 0 Å². The van der Waals surface area contributed by atoms with Gasteiger partial charge in [-0.15, -0.1) is 11.3 Å². The Labute approximate surface area is 186 Å². The van der Waals surface area contributed by atoms with Gasteiger partial charge in [0.25, 0.3) is 5.91 Å². The van der Waals surface area contributed by atoms with E-state index in [9.17, 15) is 4.79 Å². The van der Waals surface area contributed by atoms with E-state index >= 15 is 0 Å². The molecule has 0 saturated carbocycles. The molecule has 0 unspecified atom stereocenters. The van der Waals surface area contributed by atoms with Crippen LogP contribution in [0.3, 0.4) is 0 Å². The summed E-state index contributed by atoms with van der Waals surface area (Å²) in [6.07, 6.45) is 2.60. The summed E-state index contributed by atoms with van der Waals surface area (Å²) < 4.78 is 1.18. The van der Waals surface area contributed by atoms with Gasteiger partial charge in [0.2, 0.25) is 0 Å². The predicted octanol–water partition coefficient (Wildman–Crippen LogP) is 5.16. The first-order valence-corrected chi connectivity index (χ1v) is 11.5. The Kier molecular flexibility index (Phi) is 5.43. The molecule has 0 spiro atoms. The minimum atomic E-state index is 0.156. The Balaban J connectivity index is 1.40. The molecule has 5 rings (SSSR count). The van der Waals surface area contributed by atoms with Crippen LogP contribution in [0.4, 0.5) is 5.82 Å². The van der Waals surface area contributed by atoms with Gasteiger partial charge in [-0.25, -0.2) is 4.98 Å². The number of thiophene rings is 1. The zero-order valence-corrected chi connectivity index (χ0v) is 18.4. The first-order valence-electron chi connectivity index (χ1n) is 10.7. The number of anilines is 1. The molecular weight excluding hydrogens is 402 g/mol. The molecule has 4 aromatic rings. The van der Waals surface area contributed by atoms with E-state index in [2.05, 4.69) is 59.3 Å². The zero-order chi connectivity index (χ0) is 21.2. The molecule has 2 aromatic heterocycles. The second-order valence-corrected chi connectivity index (χ2v) is 9.09. The van der Waals surface area contributed by atoms with E-state index in [1.54, 1.807) is 11.3 Å². The average Bonchev–Trinajstić information content (AvgIpc) is 3.19. The summed E-state index contributed by atoms with van der Waals surface area (Å²) in [5, 5.41) is 1.20. The van der Waals surface area contributed by atoms with Crippen LogP contribution in [0.25, 0.3) is 10.1 Å². The van der Waals surface area contributed by atoms with Crippen molar-refractivity contribution < 1.29 is 4.79 Å². The SMILES string of the molecule is Cc1ccc(Cc2c(C(=O)N3CCN(c4ccccn4)CC3)sc3ccccc23)cc1. The van der Waals surface area contributed by atoms with E-state index in [1.165, 1.54) is 21.2 Å². The van der Waals surface area contributed by atoms with Crippen molar-refractivity contribution >= 4 is 33.1 Å². The number of hydrogen-bond donors (Lipinski definition) is 0. The van der Waals surface area contributed by atoms with Crippen molar-refractivity contribution in [1.29, 1.82) is 0 Å². The van der Waals surface area contributed by atoms with E-state index in [0.717, 1.165) is 35.8 Å². The predicted molar refractivity (Wildman–Crippen MR) is 128 cm³/mol. The van der Waals surface area contributed by atoms with Crippen molar-refractivity contribution in [3.63, 3.8) is 0 Å². The molecule has 1 fully saturated rings. The number of amides is 1. The van der Waals surface area contributed by atoms with Gasteiger partial charge >= 0.3 is 0 Å². The maximum Gasteiger partial charge on any atom is 0.264 e. The molecule has 1 amide bonds. The molecule has 0 radical (unpaired) electrons. The number of carbonyl (C=O) groups is 1. The highest BCUT2D eigenvalue weighted by Crippen LogP contribution is 2.34. The van der Waals surface area contributed by atoms with Crippen LogP contribution in [0.1, 0.15) is 26.4 Å². The highest BCUT2D eigenvalue weighted by atomic mass is 32.1. The van der Waals surface area contributed by atoms with Gasteiger partial charge in [-0.05, 0) is 48.1 Å². The Hall–Kier alpha value is -3.18. The molecule has 1 saturated heterocycles. The molecule has 5 heteroatoms. The van der Waals surface area contributed by atoms with E-state index < -0.39 is 0 Å². The zero-order valence-electron chi connectivity index (χ0n) is 17.6. The van der Waals surface area contributed by atoms with E-state index in [4.69, 9.17) is 0 Å². The van der Waals surface area contributed by atoms with E-state index in [1.807, 2.05) is 35.4 Å². The molecule has 156 valence electrons. The lowest BCUT2D eigenvalue weighted by molar-refractivity contribution is 0.0750. The highest BCUT2D eigenvalue weighted by molar-refractivity contribution is 7.21. The second-order valence-electron chi connectivity index (χ2n) is 8.04. The number of carbonyl (C=O) groups excluding carboxylic acids is 1. The summed E-state index contributed by atoms with van der Waals surface area (Å²) in [5.74, 6) is 1.14. The summed E-state index contributed by atoms with van der Waals surface area (Å²) >= 11 is 1.63. The van der Waals surface area contributed by atoms with Crippen molar-refractivity contribution in [1.82, 2.24) is 9.88 Å². The summed E-state index contributed by atoms with van der Waals surface area (Å²) in [6.45, 7) is 5.15. The van der Waals surface area contributed by atoms with Gasteiger partial charge in [-0.1, -0.05) is 54.1 Å². The molecule has 1 aliphatic heterocycles. The number of aryl methyl sites for hydroxylation is 1. The van der Waals surface area contributed by atoms with Gasteiger partial charge in [0, 0.05) is 37.1 Å². The van der Waals surface area contributed by atoms with Crippen molar-refractivity contribution in [2.24, 2.45) is 0 Å². The third-order valence-electron chi connectivity index (χ3n) is 5.93. The molecule has 4 nitrogen and oxygen atoms in total. The number of aromatic nitrogens is 1. The van der Waals surface area contributed by atoms with Crippen LogP contribution in [0.15, 0.2) is 72.9 Å². The number of piperazine rings is 1. The fourth-order valence-electron chi connectivity index (χ4n) is 4.18. The Morgan fingerprint density at radius 2 is 1.68 bits per heavy atom. The quantitative estimate of drug-likeness (QED) is 0.451. The minimum Gasteiger partial charge on any atom is -0.353 e. The van der Waals surface area contributed by atoms with Crippen LogP contribution in [-0.4, -0.2) is 42.0 Å². The first kappa shape index (κ1) is 19.8. The third-order valence-corrected chi connectivity index (χ3v) is 7.14. The summed E-state index contributed by atoms with van der Waals surface area (Å²) in [4.78, 5) is 23.2. The van der Waals surface area contributed by atoms with Crippen molar-refractivity contribution in [3.05, 3.63) is 94.5 Å². The van der Waals surface area contributed by atoms with Gasteiger partial charge in [-0.3, -0.25) is 4.79 Å². The van der Waals surface area contributed by atoms with Gasteiger partial charge in [0.05, 0.1) is 4.88 Å². The van der Waals surface area contributed by atoms with Crippen LogP contribution in [-0.2, 0) is 6.42 Å². The molecule has 0 N–H and O–H groups in total. The lowest BCUT2D eigenvalue weighted by atomic mass is 10.0. The van der Waals surface area contributed by atoms with E-state index in [-0.39, 0.29) is 5.91 Å². The third kappa shape index (κ3) is 4.06. The van der Waals surface area contributed by atoms with Crippen molar-refractivity contribution in [2.75, 3.05) is 31.1 Å². The van der Waals surface area contributed by atoms with Crippen molar-refractivity contribution in [2.45, 2.75) is 13.3 Å². The van der Waals surface area contributed by atoms with Crippen LogP contribution in [0, 0.1) is 6.92 Å². The maximum atomic E-state index is 13.6. The number of benzene rings is 2. The topological polar surface area (TPSA) is 36.4 Å². The lowest BCUT2D eigenvalue weighted by Gasteiger charge is -2.35. The number of nitrogens with zero attached hydrogens (tertiary/aromatic N) is 3. The molecule has 3 heterocycles. The molecule has 1 aliphatic rings. The molecule has 0 aliphatic carbocycles. The normalized spacial score (nSPS) is 14.2. The molecule has 0 atom stereocenters. The van der Waals surface area contributed by atoms with Gasteiger partial charge < -0.3 is 9.80 Å².